The summed E-state index contributed by atoms with van der Waals surface area (Å²) >= 11 is 0. The number of methoxy groups -OCH3 is 1. The van der Waals surface area contributed by atoms with Crippen LogP contribution in [0.5, 0.6) is 0 Å². The first-order valence-corrected chi connectivity index (χ1v) is 5.49. The van der Waals surface area contributed by atoms with Crippen molar-refractivity contribution in [3.8, 4) is 0 Å². The van der Waals surface area contributed by atoms with Crippen LogP contribution in [-0.2, 0) is 4.74 Å². The van der Waals surface area contributed by atoms with Crippen molar-refractivity contribution in [3.05, 3.63) is 0 Å². The van der Waals surface area contributed by atoms with Gasteiger partial charge in [0.15, 0.2) is 0 Å². The van der Waals surface area contributed by atoms with Crippen molar-refractivity contribution < 1.29 is 4.74 Å². The van der Waals surface area contributed by atoms with E-state index in [2.05, 4.69) is 18.7 Å². The van der Waals surface area contributed by atoms with Gasteiger partial charge in [-0.05, 0) is 18.3 Å². The van der Waals surface area contributed by atoms with Crippen LogP contribution in [0.2, 0.25) is 0 Å². The molecule has 3 heteroatoms. The smallest absolute Gasteiger partial charge is 0.0825 e. The predicted molar refractivity (Wildman–Crippen MR) is 57.2 cm³/mol. The molecule has 0 unspecified atom stereocenters. The quantitative estimate of drug-likeness (QED) is 0.730. The number of likely N-dealkylation sites (tertiary alicyclic amines) is 1. The molecule has 2 N–H and O–H groups in total. The van der Waals surface area contributed by atoms with Crippen LogP contribution < -0.4 is 5.73 Å². The van der Waals surface area contributed by atoms with Gasteiger partial charge in [0.2, 0.25) is 0 Å². The summed E-state index contributed by atoms with van der Waals surface area (Å²) in [7, 11) is 1.79. The van der Waals surface area contributed by atoms with Gasteiger partial charge in [-0.15, -0.1) is 0 Å². The van der Waals surface area contributed by atoms with E-state index in [0.29, 0.717) is 17.1 Å². The number of hydrogen-bond acceptors (Lipinski definition) is 3. The Labute approximate surface area is 86.6 Å². The van der Waals surface area contributed by atoms with Crippen LogP contribution in [0.25, 0.3) is 0 Å². The van der Waals surface area contributed by atoms with Crippen LogP contribution in [0.4, 0.5) is 0 Å². The van der Waals surface area contributed by atoms with Gasteiger partial charge in [0.25, 0.3) is 0 Å². The van der Waals surface area contributed by atoms with Crippen LogP contribution in [0, 0.1) is 5.41 Å². The van der Waals surface area contributed by atoms with Crippen LogP contribution in [-0.4, -0.2) is 43.3 Å². The SMILES string of the molecule is COC1CN(C2(CN)CC(C)(C)C2)C1. The van der Waals surface area contributed by atoms with E-state index >= 15 is 0 Å². The van der Waals surface area contributed by atoms with Gasteiger partial charge in [0.05, 0.1) is 6.10 Å². The molecule has 1 aliphatic heterocycles. The highest BCUT2D eigenvalue weighted by molar-refractivity contribution is 5.10. The lowest BCUT2D eigenvalue weighted by molar-refractivity contribution is -0.144. The van der Waals surface area contributed by atoms with E-state index in [-0.39, 0.29) is 0 Å². The molecule has 0 radical (unpaired) electrons. The Kier molecular flexibility index (Phi) is 2.37. The molecule has 1 saturated heterocycles. The van der Waals surface area contributed by atoms with Gasteiger partial charge in [0.1, 0.15) is 0 Å². The Bertz CT molecular complexity index is 213. The Hall–Kier alpha value is -0.120. The molecule has 2 rings (SSSR count). The number of nitrogens with zero attached hydrogens (tertiary/aromatic N) is 1. The first-order valence-electron chi connectivity index (χ1n) is 5.49. The summed E-state index contributed by atoms with van der Waals surface area (Å²) in [6.07, 6.45) is 2.93. The van der Waals surface area contributed by atoms with Crippen molar-refractivity contribution in [1.29, 1.82) is 0 Å². The minimum absolute atomic E-state index is 0.304. The standard InChI is InChI=1S/C11H22N2O/c1-10(2)6-11(7-10,8-12)13-4-9(5-13)14-3/h9H,4-8,12H2,1-3H3. The maximum Gasteiger partial charge on any atom is 0.0825 e. The molecule has 2 aliphatic rings. The van der Waals surface area contributed by atoms with E-state index in [4.69, 9.17) is 10.5 Å². The zero-order chi connectivity index (χ0) is 10.4. The summed E-state index contributed by atoms with van der Waals surface area (Å²) in [4.78, 5) is 2.51. The molecule has 1 saturated carbocycles. The first-order chi connectivity index (χ1) is 6.51. The number of nitrogens with two attached hydrogens (primary N) is 1. The summed E-state index contributed by atoms with van der Waals surface area (Å²) in [5.41, 5.74) is 6.71. The van der Waals surface area contributed by atoms with Crippen LogP contribution in [0.1, 0.15) is 26.7 Å². The average molecular weight is 198 g/mol. The lowest BCUT2D eigenvalue weighted by atomic mass is 9.58. The molecular formula is C11H22N2O. The molecule has 1 heterocycles. The monoisotopic (exact) mass is 198 g/mol. The van der Waals surface area contributed by atoms with Crippen LogP contribution >= 0.6 is 0 Å². The molecular weight excluding hydrogens is 176 g/mol. The van der Waals surface area contributed by atoms with Gasteiger partial charge in [-0.2, -0.15) is 0 Å². The third-order valence-corrected chi connectivity index (χ3v) is 3.85. The fourth-order valence-corrected chi connectivity index (χ4v) is 3.20. The van der Waals surface area contributed by atoms with Crippen molar-refractivity contribution in [3.63, 3.8) is 0 Å². The number of ether oxygens (including phenoxy) is 1. The van der Waals surface area contributed by atoms with Gasteiger partial charge in [-0.25, -0.2) is 0 Å². The predicted octanol–water partition coefficient (Wildman–Crippen LogP) is 0.834. The van der Waals surface area contributed by atoms with Gasteiger partial charge in [-0.1, -0.05) is 13.8 Å². The fraction of sp³-hybridized carbons (Fsp3) is 1.00. The fourth-order valence-electron chi connectivity index (χ4n) is 3.20. The maximum atomic E-state index is 5.90. The molecule has 0 aromatic heterocycles. The molecule has 0 bridgehead atoms. The Morgan fingerprint density at radius 1 is 1.36 bits per heavy atom. The second kappa shape index (κ2) is 3.19. The first kappa shape index (κ1) is 10.4. The van der Waals surface area contributed by atoms with E-state index in [0.717, 1.165) is 19.6 Å². The molecule has 2 fully saturated rings. The zero-order valence-corrected chi connectivity index (χ0v) is 9.55. The highest BCUT2D eigenvalue weighted by Gasteiger charge is 2.54. The second-order valence-electron chi connectivity index (χ2n) is 5.71. The highest BCUT2D eigenvalue weighted by atomic mass is 16.5. The Balaban J connectivity index is 1.90. The molecule has 14 heavy (non-hydrogen) atoms. The van der Waals surface area contributed by atoms with Crippen molar-refractivity contribution >= 4 is 0 Å². The normalized spacial score (nSPS) is 30.9. The Morgan fingerprint density at radius 2 is 1.93 bits per heavy atom. The molecule has 0 atom stereocenters. The average Bonchev–Trinajstić information content (AvgIpc) is 1.98. The summed E-state index contributed by atoms with van der Waals surface area (Å²) in [5.74, 6) is 0. The van der Waals surface area contributed by atoms with E-state index in [1.165, 1.54) is 12.8 Å². The summed E-state index contributed by atoms with van der Waals surface area (Å²) in [6.45, 7) is 7.60. The van der Waals surface area contributed by atoms with Crippen molar-refractivity contribution in [2.24, 2.45) is 11.1 Å². The molecule has 0 spiro atoms. The van der Waals surface area contributed by atoms with Gasteiger partial charge < -0.3 is 10.5 Å². The van der Waals surface area contributed by atoms with Crippen molar-refractivity contribution in [2.75, 3.05) is 26.7 Å². The zero-order valence-electron chi connectivity index (χ0n) is 9.55. The third kappa shape index (κ3) is 1.47. The van der Waals surface area contributed by atoms with Gasteiger partial charge in [0, 0.05) is 32.3 Å². The number of rotatable bonds is 3. The minimum atomic E-state index is 0.304. The number of hydrogen-bond donors (Lipinski definition) is 1. The highest BCUT2D eigenvalue weighted by Crippen LogP contribution is 2.51. The van der Waals surface area contributed by atoms with E-state index in [1.807, 2.05) is 0 Å². The molecule has 3 nitrogen and oxygen atoms in total. The molecule has 1 aliphatic carbocycles. The summed E-state index contributed by atoms with van der Waals surface area (Å²) < 4.78 is 5.29. The summed E-state index contributed by atoms with van der Waals surface area (Å²) in [5, 5.41) is 0. The maximum absolute atomic E-state index is 5.90. The summed E-state index contributed by atoms with van der Waals surface area (Å²) in [6, 6.07) is 0. The lowest BCUT2D eigenvalue weighted by Gasteiger charge is -2.62. The Morgan fingerprint density at radius 3 is 2.29 bits per heavy atom. The molecule has 0 aromatic carbocycles. The molecule has 0 aromatic rings. The van der Waals surface area contributed by atoms with E-state index in [1.54, 1.807) is 7.11 Å². The topological polar surface area (TPSA) is 38.5 Å². The van der Waals surface area contributed by atoms with Crippen molar-refractivity contribution in [2.45, 2.75) is 38.3 Å². The van der Waals surface area contributed by atoms with Gasteiger partial charge >= 0.3 is 0 Å². The molecule has 82 valence electrons. The van der Waals surface area contributed by atoms with Crippen LogP contribution in [0.15, 0.2) is 0 Å². The van der Waals surface area contributed by atoms with E-state index < -0.39 is 0 Å². The molecule has 0 amide bonds. The minimum Gasteiger partial charge on any atom is -0.379 e. The van der Waals surface area contributed by atoms with Crippen molar-refractivity contribution in [1.82, 2.24) is 4.90 Å². The second-order valence-corrected chi connectivity index (χ2v) is 5.71. The largest absolute Gasteiger partial charge is 0.379 e. The lowest BCUT2D eigenvalue weighted by Crippen LogP contribution is -2.71. The van der Waals surface area contributed by atoms with Crippen LogP contribution in [0.3, 0.4) is 0 Å². The third-order valence-electron chi connectivity index (χ3n) is 3.85. The van der Waals surface area contributed by atoms with Gasteiger partial charge in [-0.3, -0.25) is 4.90 Å². The van der Waals surface area contributed by atoms with E-state index in [9.17, 15) is 0 Å².